The topological polar surface area (TPSA) is 121 Å². The van der Waals surface area contributed by atoms with Crippen molar-refractivity contribution in [1.29, 1.82) is 0 Å². The summed E-state index contributed by atoms with van der Waals surface area (Å²) in [6, 6.07) is 5.85. The van der Waals surface area contributed by atoms with Gasteiger partial charge < -0.3 is 9.72 Å². The molecule has 4 amide bonds. The van der Waals surface area contributed by atoms with Crippen LogP contribution in [0.15, 0.2) is 48.1 Å². The number of rotatable bonds is 7. The maximum atomic E-state index is 12.7. The van der Waals surface area contributed by atoms with E-state index in [9.17, 15) is 19.2 Å². The number of amides is 4. The summed E-state index contributed by atoms with van der Waals surface area (Å²) in [4.78, 5) is 57.6. The molecule has 0 radical (unpaired) electrons. The summed E-state index contributed by atoms with van der Waals surface area (Å²) in [6.07, 6.45) is 3.38. The first-order chi connectivity index (χ1) is 14.4. The highest BCUT2D eigenvalue weighted by molar-refractivity contribution is 6.27. The van der Waals surface area contributed by atoms with Crippen molar-refractivity contribution in [2.75, 3.05) is 13.7 Å². The number of carbonyl (C=O) groups is 4. The number of ether oxygens (including phenoxy) is 1. The van der Waals surface area contributed by atoms with Crippen LogP contribution in [0.5, 0.6) is 0 Å². The number of aromatic nitrogens is 1. The zero-order chi connectivity index (χ0) is 21.8. The number of barbiturate groups is 1. The molecule has 30 heavy (non-hydrogen) atoms. The molecule has 0 bridgehead atoms. The number of H-pyrrole nitrogens is 1. The molecule has 156 valence electrons. The Balaban J connectivity index is 1.91. The summed E-state index contributed by atoms with van der Waals surface area (Å²) in [5.74, 6) is -3.39. The molecule has 0 aliphatic carbocycles. The lowest BCUT2D eigenvalue weighted by Gasteiger charge is -2.29. The third-order valence-electron chi connectivity index (χ3n) is 4.90. The molecule has 9 heteroatoms. The van der Waals surface area contributed by atoms with Crippen molar-refractivity contribution >= 4 is 40.4 Å². The Kier molecular flexibility index (Phi) is 6.10. The SMILES string of the molecule is C=CCN1C(=O)NC(=O)C(C(C)=N[C@@H](Cc2c[nH]c3ccccc23)C(=O)OC)C1=O. The smallest absolute Gasteiger partial charge is 0.331 e. The van der Waals surface area contributed by atoms with Gasteiger partial charge in [0, 0.05) is 35.8 Å². The third kappa shape index (κ3) is 4.00. The maximum Gasteiger partial charge on any atom is 0.331 e. The van der Waals surface area contributed by atoms with E-state index in [-0.39, 0.29) is 18.7 Å². The molecule has 1 aromatic carbocycles. The minimum atomic E-state index is -1.31. The predicted molar refractivity (Wildman–Crippen MR) is 110 cm³/mol. The van der Waals surface area contributed by atoms with Gasteiger partial charge in [-0.25, -0.2) is 9.59 Å². The maximum absolute atomic E-state index is 12.7. The molecule has 9 nitrogen and oxygen atoms in total. The van der Waals surface area contributed by atoms with Crippen molar-refractivity contribution in [2.24, 2.45) is 10.9 Å². The number of carbonyl (C=O) groups excluding carboxylic acids is 4. The number of nitrogens with zero attached hydrogens (tertiary/aromatic N) is 2. The van der Waals surface area contributed by atoms with Crippen LogP contribution in [0.2, 0.25) is 0 Å². The van der Waals surface area contributed by atoms with Crippen molar-refractivity contribution < 1.29 is 23.9 Å². The van der Waals surface area contributed by atoms with E-state index in [1.165, 1.54) is 20.1 Å². The van der Waals surface area contributed by atoms with Crippen molar-refractivity contribution in [1.82, 2.24) is 15.2 Å². The number of hydrogen-bond acceptors (Lipinski definition) is 6. The van der Waals surface area contributed by atoms with Crippen LogP contribution in [0.4, 0.5) is 4.79 Å². The summed E-state index contributed by atoms with van der Waals surface area (Å²) in [5.41, 5.74) is 1.88. The first kappa shape index (κ1) is 21.0. The Bertz CT molecular complexity index is 1050. The van der Waals surface area contributed by atoms with Crippen molar-refractivity contribution in [2.45, 2.75) is 19.4 Å². The monoisotopic (exact) mass is 410 g/mol. The second kappa shape index (κ2) is 8.73. The number of imide groups is 2. The molecule has 1 saturated heterocycles. The molecule has 1 aliphatic heterocycles. The van der Waals surface area contributed by atoms with E-state index in [0.29, 0.717) is 0 Å². The van der Waals surface area contributed by atoms with E-state index < -0.39 is 35.8 Å². The summed E-state index contributed by atoms with van der Waals surface area (Å²) in [7, 11) is 1.25. The van der Waals surface area contributed by atoms with E-state index in [1.54, 1.807) is 6.20 Å². The van der Waals surface area contributed by atoms with Gasteiger partial charge in [0.25, 0.3) is 0 Å². The minimum Gasteiger partial charge on any atom is -0.467 e. The summed E-state index contributed by atoms with van der Waals surface area (Å²) >= 11 is 0. The Morgan fingerprint density at radius 2 is 2.07 bits per heavy atom. The minimum absolute atomic E-state index is 0.0442. The van der Waals surface area contributed by atoms with Crippen LogP contribution in [-0.2, 0) is 25.5 Å². The molecule has 1 aromatic heterocycles. The highest BCUT2D eigenvalue weighted by Gasteiger charge is 2.42. The van der Waals surface area contributed by atoms with Gasteiger partial charge in [0.1, 0.15) is 0 Å². The number of benzene rings is 1. The summed E-state index contributed by atoms with van der Waals surface area (Å²) < 4.78 is 4.87. The molecule has 2 heterocycles. The molecule has 0 saturated carbocycles. The molecule has 3 rings (SSSR count). The fourth-order valence-corrected chi connectivity index (χ4v) is 3.43. The normalized spacial score (nSPS) is 18.3. The highest BCUT2D eigenvalue weighted by Crippen LogP contribution is 2.21. The second-order valence-corrected chi connectivity index (χ2v) is 6.84. The molecule has 0 spiro atoms. The number of methoxy groups -OCH3 is 1. The van der Waals surface area contributed by atoms with Crippen LogP contribution in [0, 0.1) is 5.92 Å². The highest BCUT2D eigenvalue weighted by atomic mass is 16.5. The number of fused-ring (bicyclic) bond motifs is 1. The fraction of sp³-hybridized carbons (Fsp3) is 0.286. The molecule has 1 aliphatic rings. The van der Waals surface area contributed by atoms with Gasteiger partial charge >= 0.3 is 12.0 Å². The van der Waals surface area contributed by atoms with Crippen LogP contribution in [0.1, 0.15) is 12.5 Å². The van der Waals surface area contributed by atoms with Gasteiger partial charge in [-0.2, -0.15) is 0 Å². The predicted octanol–water partition coefficient (Wildman–Crippen LogP) is 1.59. The van der Waals surface area contributed by atoms with Gasteiger partial charge in [-0.3, -0.25) is 24.8 Å². The first-order valence-corrected chi connectivity index (χ1v) is 9.31. The molecule has 1 unspecified atom stereocenters. The van der Waals surface area contributed by atoms with Crippen molar-refractivity contribution in [3.05, 3.63) is 48.7 Å². The Morgan fingerprint density at radius 3 is 2.77 bits per heavy atom. The summed E-state index contributed by atoms with van der Waals surface area (Å²) in [6.45, 7) is 4.95. The van der Waals surface area contributed by atoms with Gasteiger partial charge in [0.15, 0.2) is 12.0 Å². The number of esters is 1. The quantitative estimate of drug-likeness (QED) is 0.311. The second-order valence-electron chi connectivity index (χ2n) is 6.84. The standard InChI is InChI=1S/C21H22N4O5/c1-4-9-25-19(27)17(18(26)24-21(25)29)12(2)23-16(20(28)30-3)10-13-11-22-15-8-6-5-7-14(13)15/h4-8,11,16-17,22H,1,9-10H2,2-3H3,(H,24,26,29)/t16-,17?/m0/s1. The van der Waals surface area contributed by atoms with Crippen molar-refractivity contribution in [3.63, 3.8) is 0 Å². The van der Waals surface area contributed by atoms with E-state index >= 15 is 0 Å². The lowest BCUT2D eigenvalue weighted by atomic mass is 9.98. The molecule has 2 N–H and O–H groups in total. The molecule has 1 fully saturated rings. The number of urea groups is 1. The lowest BCUT2D eigenvalue weighted by molar-refractivity contribution is -0.142. The van der Waals surface area contributed by atoms with Gasteiger partial charge in [0.2, 0.25) is 11.8 Å². The molecular weight excluding hydrogens is 388 g/mol. The van der Waals surface area contributed by atoms with Gasteiger partial charge in [-0.05, 0) is 18.6 Å². The van der Waals surface area contributed by atoms with Gasteiger partial charge in [-0.1, -0.05) is 24.3 Å². The lowest BCUT2D eigenvalue weighted by Crippen LogP contribution is -2.59. The fourth-order valence-electron chi connectivity index (χ4n) is 3.43. The Hall–Kier alpha value is -3.75. The number of para-hydroxylation sites is 1. The first-order valence-electron chi connectivity index (χ1n) is 9.31. The zero-order valence-corrected chi connectivity index (χ0v) is 16.7. The van der Waals surface area contributed by atoms with Crippen LogP contribution in [0.25, 0.3) is 10.9 Å². The average Bonchev–Trinajstić information content (AvgIpc) is 3.12. The van der Waals surface area contributed by atoms with Crippen molar-refractivity contribution in [3.8, 4) is 0 Å². The van der Waals surface area contributed by atoms with E-state index in [1.807, 2.05) is 24.3 Å². The molecule has 2 atom stereocenters. The zero-order valence-electron chi connectivity index (χ0n) is 16.7. The van der Waals surface area contributed by atoms with Crippen LogP contribution in [-0.4, -0.2) is 59.1 Å². The van der Waals surface area contributed by atoms with E-state index in [4.69, 9.17) is 4.74 Å². The molecule has 2 aromatic rings. The Morgan fingerprint density at radius 1 is 1.33 bits per heavy atom. The average molecular weight is 410 g/mol. The van der Waals surface area contributed by atoms with Crippen LogP contribution < -0.4 is 5.32 Å². The third-order valence-corrected chi connectivity index (χ3v) is 4.90. The van der Waals surface area contributed by atoms with E-state index in [2.05, 4.69) is 21.9 Å². The molecular formula is C21H22N4O5. The van der Waals surface area contributed by atoms with Gasteiger partial charge in [0.05, 0.1) is 7.11 Å². The number of aromatic amines is 1. The van der Waals surface area contributed by atoms with Crippen LogP contribution >= 0.6 is 0 Å². The summed E-state index contributed by atoms with van der Waals surface area (Å²) in [5, 5.41) is 3.08. The van der Waals surface area contributed by atoms with Gasteiger partial charge in [-0.15, -0.1) is 6.58 Å². The Labute approximate surface area is 172 Å². The van der Waals surface area contributed by atoms with E-state index in [0.717, 1.165) is 21.4 Å². The van der Waals surface area contributed by atoms with Crippen LogP contribution in [0.3, 0.4) is 0 Å². The number of nitrogens with one attached hydrogen (secondary N) is 2. The largest absolute Gasteiger partial charge is 0.467 e. The number of aliphatic imine (C=N–C) groups is 1. The number of hydrogen-bond donors (Lipinski definition) is 2.